The van der Waals surface area contributed by atoms with Crippen molar-refractivity contribution in [2.75, 3.05) is 6.54 Å². The fourth-order valence-electron chi connectivity index (χ4n) is 1.84. The summed E-state index contributed by atoms with van der Waals surface area (Å²) in [4.78, 5) is 0. The summed E-state index contributed by atoms with van der Waals surface area (Å²) >= 11 is 0. The van der Waals surface area contributed by atoms with Gasteiger partial charge >= 0.3 is 0 Å². The quantitative estimate of drug-likeness (QED) is 0.739. The van der Waals surface area contributed by atoms with Crippen LogP contribution in [0.25, 0.3) is 0 Å². The molecule has 86 valence electrons. The number of rotatable bonds is 7. The highest BCUT2D eigenvalue weighted by Gasteiger charge is 2.10. The van der Waals surface area contributed by atoms with Gasteiger partial charge in [0.05, 0.1) is 12.5 Å². The topological polar surface area (TPSA) is 25.2 Å². The Morgan fingerprint density at radius 3 is 2.67 bits per heavy atom. The summed E-state index contributed by atoms with van der Waals surface area (Å²) in [6.07, 6.45) is 7.39. The van der Waals surface area contributed by atoms with E-state index in [-0.39, 0.29) is 0 Å². The number of furan rings is 1. The molecular weight excluding hydrogens is 186 g/mol. The Balaban J connectivity index is 2.38. The molecule has 1 N–H and O–H groups in total. The number of hydrogen-bond acceptors (Lipinski definition) is 2. The summed E-state index contributed by atoms with van der Waals surface area (Å²) in [5.74, 6) is 0.802. The zero-order valence-corrected chi connectivity index (χ0v) is 10.1. The van der Waals surface area contributed by atoms with Crippen LogP contribution < -0.4 is 5.32 Å². The molecule has 0 radical (unpaired) electrons. The Morgan fingerprint density at radius 1 is 1.33 bits per heavy atom. The molecule has 0 aliphatic rings. The van der Waals surface area contributed by atoms with Crippen LogP contribution in [-0.4, -0.2) is 6.54 Å². The maximum Gasteiger partial charge on any atom is 0.0950 e. The van der Waals surface area contributed by atoms with Crippen LogP contribution in [0.4, 0.5) is 0 Å². The first-order valence-electron chi connectivity index (χ1n) is 5.99. The average Bonchev–Trinajstić information content (AvgIpc) is 2.68. The van der Waals surface area contributed by atoms with Gasteiger partial charge in [0.1, 0.15) is 0 Å². The number of nitrogens with one attached hydrogen (secondary N) is 1. The molecule has 15 heavy (non-hydrogen) atoms. The van der Waals surface area contributed by atoms with Crippen molar-refractivity contribution in [1.29, 1.82) is 0 Å². The molecule has 0 fully saturated rings. The minimum atomic E-state index is 0.465. The lowest BCUT2D eigenvalue weighted by Crippen LogP contribution is -2.20. The summed E-state index contributed by atoms with van der Waals surface area (Å²) in [5, 5.41) is 3.50. The Hall–Kier alpha value is -0.760. The van der Waals surface area contributed by atoms with Gasteiger partial charge in [0, 0.05) is 11.6 Å². The molecule has 0 aliphatic heterocycles. The van der Waals surface area contributed by atoms with E-state index in [1.807, 2.05) is 6.26 Å². The molecule has 2 heteroatoms. The van der Waals surface area contributed by atoms with Gasteiger partial charge in [0.25, 0.3) is 0 Å². The largest absolute Gasteiger partial charge is 0.472 e. The Bertz CT molecular complexity index is 241. The molecule has 0 aromatic carbocycles. The maximum absolute atomic E-state index is 5.13. The van der Waals surface area contributed by atoms with Gasteiger partial charge in [-0.2, -0.15) is 0 Å². The Morgan fingerprint density at radius 2 is 2.13 bits per heavy atom. The van der Waals surface area contributed by atoms with E-state index in [2.05, 4.69) is 32.2 Å². The van der Waals surface area contributed by atoms with E-state index >= 15 is 0 Å². The second-order valence-corrected chi connectivity index (χ2v) is 4.49. The van der Waals surface area contributed by atoms with Crippen molar-refractivity contribution in [2.45, 2.75) is 46.1 Å². The lowest BCUT2D eigenvalue weighted by Gasteiger charge is -2.16. The van der Waals surface area contributed by atoms with Gasteiger partial charge in [-0.1, -0.05) is 33.6 Å². The molecule has 1 aromatic heterocycles. The van der Waals surface area contributed by atoms with Gasteiger partial charge < -0.3 is 9.73 Å². The highest BCUT2D eigenvalue weighted by atomic mass is 16.3. The summed E-state index contributed by atoms with van der Waals surface area (Å²) in [6.45, 7) is 7.72. The van der Waals surface area contributed by atoms with Crippen LogP contribution in [0.2, 0.25) is 0 Å². The van der Waals surface area contributed by atoms with Gasteiger partial charge in [-0.05, 0) is 24.9 Å². The third-order valence-electron chi connectivity index (χ3n) is 2.67. The predicted molar refractivity (Wildman–Crippen MR) is 63.8 cm³/mol. The minimum absolute atomic E-state index is 0.465. The molecule has 0 amide bonds. The van der Waals surface area contributed by atoms with Crippen molar-refractivity contribution < 1.29 is 4.42 Å². The fraction of sp³-hybridized carbons (Fsp3) is 0.692. The standard InChI is InChI=1S/C13H23NO/c1-4-14-13(7-5-6-11(2)3)12-8-9-15-10-12/h8-11,13-14H,4-7H2,1-3H3. The zero-order valence-electron chi connectivity index (χ0n) is 10.1. The van der Waals surface area contributed by atoms with Crippen molar-refractivity contribution in [3.8, 4) is 0 Å². The van der Waals surface area contributed by atoms with Crippen molar-refractivity contribution in [3.63, 3.8) is 0 Å². The third kappa shape index (κ3) is 4.52. The molecule has 2 nitrogen and oxygen atoms in total. The van der Waals surface area contributed by atoms with E-state index in [0.29, 0.717) is 6.04 Å². The van der Waals surface area contributed by atoms with E-state index in [0.717, 1.165) is 12.5 Å². The molecule has 0 bridgehead atoms. The Kier molecular flexibility index (Phi) is 5.48. The zero-order chi connectivity index (χ0) is 11.1. The van der Waals surface area contributed by atoms with Crippen LogP contribution in [-0.2, 0) is 0 Å². The van der Waals surface area contributed by atoms with E-state index in [1.165, 1.54) is 24.8 Å². The molecule has 0 saturated carbocycles. The van der Waals surface area contributed by atoms with Crippen molar-refractivity contribution in [3.05, 3.63) is 24.2 Å². The first kappa shape index (κ1) is 12.3. The lowest BCUT2D eigenvalue weighted by molar-refractivity contribution is 0.451. The van der Waals surface area contributed by atoms with Gasteiger partial charge in [-0.25, -0.2) is 0 Å². The molecule has 1 rings (SSSR count). The van der Waals surface area contributed by atoms with Crippen LogP contribution in [0.1, 0.15) is 51.6 Å². The molecule has 1 heterocycles. The molecule has 0 spiro atoms. The minimum Gasteiger partial charge on any atom is -0.472 e. The van der Waals surface area contributed by atoms with E-state index in [1.54, 1.807) is 6.26 Å². The van der Waals surface area contributed by atoms with Gasteiger partial charge in [0.2, 0.25) is 0 Å². The highest BCUT2D eigenvalue weighted by Crippen LogP contribution is 2.21. The monoisotopic (exact) mass is 209 g/mol. The maximum atomic E-state index is 5.13. The normalized spacial score (nSPS) is 13.3. The highest BCUT2D eigenvalue weighted by molar-refractivity contribution is 5.11. The average molecular weight is 209 g/mol. The van der Waals surface area contributed by atoms with Gasteiger partial charge in [0.15, 0.2) is 0 Å². The lowest BCUT2D eigenvalue weighted by atomic mass is 10.00. The molecule has 1 unspecified atom stereocenters. The van der Waals surface area contributed by atoms with E-state index < -0.39 is 0 Å². The molecule has 0 saturated heterocycles. The van der Waals surface area contributed by atoms with Gasteiger partial charge in [-0.3, -0.25) is 0 Å². The second-order valence-electron chi connectivity index (χ2n) is 4.49. The van der Waals surface area contributed by atoms with E-state index in [4.69, 9.17) is 4.42 Å². The third-order valence-corrected chi connectivity index (χ3v) is 2.67. The molecule has 0 aliphatic carbocycles. The van der Waals surface area contributed by atoms with Crippen LogP contribution in [0.5, 0.6) is 0 Å². The summed E-state index contributed by atoms with van der Waals surface area (Å²) < 4.78 is 5.13. The van der Waals surface area contributed by atoms with Crippen molar-refractivity contribution in [2.24, 2.45) is 5.92 Å². The number of hydrogen-bond donors (Lipinski definition) is 1. The van der Waals surface area contributed by atoms with E-state index in [9.17, 15) is 0 Å². The van der Waals surface area contributed by atoms with Gasteiger partial charge in [-0.15, -0.1) is 0 Å². The Labute approximate surface area is 93.1 Å². The second kappa shape index (κ2) is 6.67. The van der Waals surface area contributed by atoms with Crippen LogP contribution in [0.15, 0.2) is 23.0 Å². The summed E-state index contributed by atoms with van der Waals surface area (Å²) in [6, 6.07) is 2.52. The van der Waals surface area contributed by atoms with Crippen molar-refractivity contribution in [1.82, 2.24) is 5.32 Å². The summed E-state index contributed by atoms with van der Waals surface area (Å²) in [5.41, 5.74) is 1.28. The first-order chi connectivity index (χ1) is 7.24. The predicted octanol–water partition coefficient (Wildman–Crippen LogP) is 3.76. The summed E-state index contributed by atoms with van der Waals surface area (Å²) in [7, 11) is 0. The SMILES string of the molecule is CCNC(CCCC(C)C)c1ccoc1. The molecule has 1 aromatic rings. The van der Waals surface area contributed by atoms with Crippen LogP contribution >= 0.6 is 0 Å². The van der Waals surface area contributed by atoms with Crippen LogP contribution in [0.3, 0.4) is 0 Å². The smallest absolute Gasteiger partial charge is 0.0950 e. The van der Waals surface area contributed by atoms with Crippen molar-refractivity contribution >= 4 is 0 Å². The van der Waals surface area contributed by atoms with Crippen LogP contribution in [0, 0.1) is 5.92 Å². The molecular formula is C13H23NO. The first-order valence-corrected chi connectivity index (χ1v) is 5.99. The molecule has 1 atom stereocenters. The fourth-order valence-corrected chi connectivity index (χ4v) is 1.84.